The minimum atomic E-state index is -0.752. The summed E-state index contributed by atoms with van der Waals surface area (Å²) in [5, 5.41) is 21.1. The first-order chi connectivity index (χ1) is 11.1. The lowest BCUT2D eigenvalue weighted by Crippen LogP contribution is -2.29. The van der Waals surface area contributed by atoms with Gasteiger partial charge in [-0.3, -0.25) is 9.69 Å². The summed E-state index contributed by atoms with van der Waals surface area (Å²) in [6, 6.07) is 14.0. The maximum atomic E-state index is 10.6. The van der Waals surface area contributed by atoms with Crippen LogP contribution >= 0.6 is 11.3 Å². The van der Waals surface area contributed by atoms with Crippen LogP contribution in [-0.4, -0.2) is 34.2 Å². The Balaban J connectivity index is 1.91. The van der Waals surface area contributed by atoms with Gasteiger partial charge in [0.1, 0.15) is 6.10 Å². The third-order valence-corrected chi connectivity index (χ3v) is 4.64. The lowest BCUT2D eigenvalue weighted by atomic mass is 10.1. The Hall–Kier alpha value is -1.69. The molecule has 1 heterocycles. The fraction of sp³-hybridized carbons (Fsp3) is 0.389. The van der Waals surface area contributed by atoms with Gasteiger partial charge < -0.3 is 10.2 Å². The van der Waals surface area contributed by atoms with Gasteiger partial charge in [-0.2, -0.15) is 0 Å². The van der Waals surface area contributed by atoms with Crippen LogP contribution in [0.1, 0.15) is 35.8 Å². The van der Waals surface area contributed by atoms with Crippen LogP contribution in [0.5, 0.6) is 0 Å². The average molecular weight is 333 g/mol. The van der Waals surface area contributed by atoms with E-state index in [1.807, 2.05) is 35.7 Å². The molecule has 2 aromatic rings. The predicted octanol–water partition coefficient (Wildman–Crippen LogP) is 3.54. The Morgan fingerprint density at radius 2 is 1.91 bits per heavy atom. The van der Waals surface area contributed by atoms with Gasteiger partial charge in [0.25, 0.3) is 0 Å². The Labute approximate surface area is 141 Å². The Kier molecular flexibility index (Phi) is 7.26. The van der Waals surface area contributed by atoms with Crippen molar-refractivity contribution in [3.8, 4) is 0 Å². The van der Waals surface area contributed by atoms with Crippen LogP contribution in [-0.2, 0) is 11.3 Å². The highest BCUT2D eigenvalue weighted by atomic mass is 32.1. The van der Waals surface area contributed by atoms with E-state index in [1.165, 1.54) is 5.56 Å². The highest BCUT2D eigenvalue weighted by molar-refractivity contribution is 7.10. The summed E-state index contributed by atoms with van der Waals surface area (Å²) in [5.41, 5.74) is 1.20. The van der Waals surface area contributed by atoms with Crippen molar-refractivity contribution >= 4 is 17.3 Å². The van der Waals surface area contributed by atoms with E-state index in [0.29, 0.717) is 13.0 Å². The highest BCUT2D eigenvalue weighted by Gasteiger charge is 2.15. The summed E-state index contributed by atoms with van der Waals surface area (Å²) in [5.74, 6) is -0.752. The number of aliphatic hydroxyl groups is 1. The second-order valence-corrected chi connectivity index (χ2v) is 6.58. The minimum absolute atomic E-state index is 0.201. The number of carboxylic acid groups (broad SMARTS) is 1. The number of hydrogen-bond donors (Lipinski definition) is 2. The van der Waals surface area contributed by atoms with Gasteiger partial charge in [0.15, 0.2) is 0 Å². The predicted molar refractivity (Wildman–Crippen MR) is 92.5 cm³/mol. The quantitative estimate of drug-likeness (QED) is 0.653. The molecule has 0 aliphatic heterocycles. The monoisotopic (exact) mass is 333 g/mol. The molecule has 0 amide bonds. The molecular weight excluding hydrogens is 310 g/mol. The molecule has 0 spiro atoms. The summed E-state index contributed by atoms with van der Waals surface area (Å²) in [4.78, 5) is 13.8. The van der Waals surface area contributed by atoms with Crippen molar-refractivity contribution in [3.63, 3.8) is 0 Å². The molecule has 1 aromatic carbocycles. The van der Waals surface area contributed by atoms with Crippen molar-refractivity contribution in [1.29, 1.82) is 0 Å². The number of aliphatic hydroxyl groups excluding tert-OH is 1. The third kappa shape index (κ3) is 6.52. The number of benzene rings is 1. The van der Waals surface area contributed by atoms with Crippen LogP contribution in [0.25, 0.3) is 0 Å². The Bertz CT molecular complexity index is 571. The second-order valence-electron chi connectivity index (χ2n) is 5.60. The van der Waals surface area contributed by atoms with E-state index in [-0.39, 0.29) is 6.42 Å². The molecule has 0 saturated heterocycles. The van der Waals surface area contributed by atoms with E-state index in [1.54, 1.807) is 11.3 Å². The van der Waals surface area contributed by atoms with Crippen LogP contribution in [0, 0.1) is 0 Å². The zero-order valence-electron chi connectivity index (χ0n) is 13.1. The number of aliphatic carboxylic acids is 1. The molecular formula is C18H23NO3S. The number of carbonyl (C=O) groups is 1. The van der Waals surface area contributed by atoms with E-state index in [0.717, 1.165) is 24.4 Å². The van der Waals surface area contributed by atoms with Gasteiger partial charge in [-0.1, -0.05) is 36.4 Å². The van der Waals surface area contributed by atoms with Crippen molar-refractivity contribution in [2.75, 3.05) is 13.1 Å². The van der Waals surface area contributed by atoms with Gasteiger partial charge in [0.2, 0.25) is 0 Å². The average Bonchev–Trinajstić information content (AvgIpc) is 3.06. The number of hydrogen-bond acceptors (Lipinski definition) is 4. The van der Waals surface area contributed by atoms with Crippen LogP contribution in [0.3, 0.4) is 0 Å². The fourth-order valence-electron chi connectivity index (χ4n) is 2.50. The Morgan fingerprint density at radius 3 is 2.57 bits per heavy atom. The van der Waals surface area contributed by atoms with Crippen molar-refractivity contribution in [3.05, 3.63) is 58.3 Å². The van der Waals surface area contributed by atoms with Crippen LogP contribution in [0.2, 0.25) is 0 Å². The summed E-state index contributed by atoms with van der Waals surface area (Å²) >= 11 is 1.56. The first kappa shape index (κ1) is 17.7. The van der Waals surface area contributed by atoms with Gasteiger partial charge in [-0.05, 0) is 36.4 Å². The molecule has 0 bridgehead atoms. The molecule has 124 valence electrons. The van der Waals surface area contributed by atoms with Gasteiger partial charge in [0.05, 0.1) is 0 Å². The molecule has 4 nitrogen and oxygen atoms in total. The molecule has 5 heteroatoms. The molecule has 23 heavy (non-hydrogen) atoms. The summed E-state index contributed by atoms with van der Waals surface area (Å²) in [7, 11) is 0. The molecule has 1 atom stereocenters. The van der Waals surface area contributed by atoms with Crippen molar-refractivity contribution in [2.45, 2.75) is 31.9 Å². The van der Waals surface area contributed by atoms with Crippen molar-refractivity contribution in [2.24, 2.45) is 0 Å². The molecule has 1 unspecified atom stereocenters. The molecule has 2 rings (SSSR count). The lowest BCUT2D eigenvalue weighted by Gasteiger charge is -2.25. The first-order valence-corrected chi connectivity index (χ1v) is 8.72. The second kappa shape index (κ2) is 9.45. The number of rotatable bonds is 10. The van der Waals surface area contributed by atoms with Crippen LogP contribution in [0.4, 0.5) is 0 Å². The van der Waals surface area contributed by atoms with Gasteiger partial charge >= 0.3 is 5.97 Å². The SMILES string of the molecule is O=C(O)CCCCN(Cc1ccccc1)CC(O)c1cccs1. The van der Waals surface area contributed by atoms with E-state index in [2.05, 4.69) is 17.0 Å². The lowest BCUT2D eigenvalue weighted by molar-refractivity contribution is -0.137. The van der Waals surface area contributed by atoms with Gasteiger partial charge in [-0.15, -0.1) is 11.3 Å². The molecule has 0 fully saturated rings. The van der Waals surface area contributed by atoms with E-state index in [4.69, 9.17) is 5.11 Å². The van der Waals surface area contributed by atoms with Gasteiger partial charge in [0, 0.05) is 24.4 Å². The fourth-order valence-corrected chi connectivity index (χ4v) is 3.21. The largest absolute Gasteiger partial charge is 0.481 e. The highest BCUT2D eigenvalue weighted by Crippen LogP contribution is 2.21. The number of thiophene rings is 1. The number of nitrogens with zero attached hydrogens (tertiary/aromatic N) is 1. The number of unbranched alkanes of at least 4 members (excludes halogenated alkanes) is 1. The minimum Gasteiger partial charge on any atom is -0.481 e. The van der Waals surface area contributed by atoms with Crippen molar-refractivity contribution in [1.82, 2.24) is 4.90 Å². The number of carboxylic acids is 1. The summed E-state index contributed by atoms with van der Waals surface area (Å²) in [6.45, 7) is 2.10. The molecule has 2 N–H and O–H groups in total. The molecule has 0 radical (unpaired) electrons. The van der Waals surface area contributed by atoms with E-state index in [9.17, 15) is 9.90 Å². The zero-order valence-corrected chi connectivity index (χ0v) is 13.9. The molecule has 1 aromatic heterocycles. The third-order valence-electron chi connectivity index (χ3n) is 3.67. The van der Waals surface area contributed by atoms with E-state index >= 15 is 0 Å². The standard InChI is InChI=1S/C18H23NO3S/c20-16(17-9-6-12-23-17)14-19(11-5-4-10-18(21)22)13-15-7-2-1-3-8-15/h1-3,6-9,12,16,20H,4-5,10-11,13-14H2,(H,21,22). The van der Waals surface area contributed by atoms with E-state index < -0.39 is 12.1 Å². The maximum absolute atomic E-state index is 10.6. The first-order valence-electron chi connectivity index (χ1n) is 7.84. The maximum Gasteiger partial charge on any atom is 0.303 e. The smallest absolute Gasteiger partial charge is 0.303 e. The van der Waals surface area contributed by atoms with Crippen LogP contribution in [0.15, 0.2) is 47.8 Å². The van der Waals surface area contributed by atoms with Crippen LogP contribution < -0.4 is 0 Å². The normalized spacial score (nSPS) is 12.4. The van der Waals surface area contributed by atoms with Crippen molar-refractivity contribution < 1.29 is 15.0 Å². The summed E-state index contributed by atoms with van der Waals surface area (Å²) in [6.07, 6.45) is 1.18. The Morgan fingerprint density at radius 1 is 1.13 bits per heavy atom. The topological polar surface area (TPSA) is 60.8 Å². The molecule has 0 aliphatic carbocycles. The van der Waals surface area contributed by atoms with Gasteiger partial charge in [-0.25, -0.2) is 0 Å². The summed E-state index contributed by atoms with van der Waals surface area (Å²) < 4.78 is 0. The molecule has 0 saturated carbocycles. The zero-order chi connectivity index (χ0) is 16.5. The molecule has 0 aliphatic rings.